The molecule has 0 saturated carbocycles. The van der Waals surface area contributed by atoms with E-state index in [1.807, 2.05) is 58.3 Å². The highest BCUT2D eigenvalue weighted by Gasteiger charge is 2.35. The summed E-state index contributed by atoms with van der Waals surface area (Å²) in [4.78, 5) is 18.8. The molecule has 1 atom stereocenters. The van der Waals surface area contributed by atoms with Crippen LogP contribution >= 0.6 is 23.1 Å². The van der Waals surface area contributed by atoms with E-state index in [0.29, 0.717) is 17.4 Å². The summed E-state index contributed by atoms with van der Waals surface area (Å²) in [6.07, 6.45) is 2.25. The number of hydrazone groups is 1. The third-order valence-corrected chi connectivity index (χ3v) is 7.01. The molecule has 6 rings (SSSR count). The fraction of sp³-hybridized carbons (Fsp3) is 0.143. The normalized spacial score (nSPS) is 16.5. The van der Waals surface area contributed by atoms with Crippen LogP contribution in [0.3, 0.4) is 0 Å². The number of fused-ring (bicyclic) bond motifs is 3. The summed E-state index contributed by atoms with van der Waals surface area (Å²) in [5.74, 6) is 1.49. The molecule has 4 aromatic heterocycles. The van der Waals surface area contributed by atoms with Gasteiger partial charge >= 0.3 is 0 Å². The van der Waals surface area contributed by atoms with Crippen LogP contribution in [-0.4, -0.2) is 42.0 Å². The van der Waals surface area contributed by atoms with Crippen LogP contribution in [0.15, 0.2) is 74.8 Å². The maximum absolute atomic E-state index is 13.2. The first-order valence-corrected chi connectivity index (χ1v) is 11.6. The Balaban J connectivity index is 1.27. The first kappa shape index (κ1) is 18.4. The van der Waals surface area contributed by atoms with Crippen molar-refractivity contribution in [3.63, 3.8) is 0 Å². The van der Waals surface area contributed by atoms with Crippen LogP contribution in [0.25, 0.3) is 16.8 Å². The van der Waals surface area contributed by atoms with E-state index in [-0.39, 0.29) is 17.7 Å². The summed E-state index contributed by atoms with van der Waals surface area (Å²) in [6.45, 7) is 0. The van der Waals surface area contributed by atoms with Crippen molar-refractivity contribution < 1.29 is 9.21 Å². The number of aromatic nitrogens is 4. The number of carbonyl (C=O) groups excluding carboxylic acids is 1. The summed E-state index contributed by atoms with van der Waals surface area (Å²) in [5.41, 5.74) is 2.73. The van der Waals surface area contributed by atoms with Crippen molar-refractivity contribution in [1.82, 2.24) is 24.6 Å². The summed E-state index contributed by atoms with van der Waals surface area (Å²) < 4.78 is 7.54. The molecule has 1 aromatic carbocycles. The van der Waals surface area contributed by atoms with Gasteiger partial charge in [-0.25, -0.2) is 15.1 Å². The topological polar surface area (TPSA) is 91.8 Å². The zero-order chi connectivity index (χ0) is 20.8. The summed E-state index contributed by atoms with van der Waals surface area (Å²) in [5, 5.41) is 16.2. The van der Waals surface area contributed by atoms with E-state index >= 15 is 0 Å². The molecule has 154 valence electrons. The van der Waals surface area contributed by atoms with Crippen molar-refractivity contribution in [2.75, 3.05) is 5.75 Å². The second-order valence-electron chi connectivity index (χ2n) is 7.05. The highest BCUT2D eigenvalue weighted by atomic mass is 32.2. The lowest BCUT2D eigenvalue weighted by Crippen LogP contribution is -2.28. The van der Waals surface area contributed by atoms with Crippen molar-refractivity contribution >= 4 is 51.5 Å². The Kier molecular flexibility index (Phi) is 4.39. The van der Waals surface area contributed by atoms with Gasteiger partial charge in [0.05, 0.1) is 33.6 Å². The molecule has 1 aliphatic heterocycles. The molecule has 31 heavy (non-hydrogen) atoms. The number of benzene rings is 1. The number of nitrogens with zero attached hydrogens (tertiary/aromatic N) is 5. The van der Waals surface area contributed by atoms with Crippen molar-refractivity contribution in [3.8, 4) is 0 Å². The van der Waals surface area contributed by atoms with E-state index in [1.54, 1.807) is 22.6 Å². The van der Waals surface area contributed by atoms with Gasteiger partial charge in [0.2, 0.25) is 5.78 Å². The van der Waals surface area contributed by atoms with Crippen LogP contribution < -0.4 is 0 Å². The third kappa shape index (κ3) is 3.15. The largest absolute Gasteiger partial charge is 0.467 e. The first-order valence-electron chi connectivity index (χ1n) is 9.69. The number of furan rings is 1. The van der Waals surface area contributed by atoms with E-state index in [1.165, 1.54) is 11.8 Å². The van der Waals surface area contributed by atoms with E-state index in [4.69, 9.17) is 4.42 Å². The highest BCUT2D eigenvalue weighted by molar-refractivity contribution is 7.99. The van der Waals surface area contributed by atoms with Crippen LogP contribution in [0.1, 0.15) is 23.1 Å². The lowest BCUT2D eigenvalue weighted by molar-refractivity contribution is -0.130. The lowest BCUT2D eigenvalue weighted by atomic mass is 10.1. The van der Waals surface area contributed by atoms with Crippen LogP contribution in [-0.2, 0) is 4.79 Å². The van der Waals surface area contributed by atoms with Crippen LogP contribution in [0.2, 0.25) is 0 Å². The zero-order valence-electron chi connectivity index (χ0n) is 16.1. The molecule has 10 heteroatoms. The molecule has 8 nitrogen and oxygen atoms in total. The van der Waals surface area contributed by atoms with Crippen molar-refractivity contribution in [1.29, 1.82) is 0 Å². The number of aromatic amines is 1. The van der Waals surface area contributed by atoms with Gasteiger partial charge in [-0.15, -0.1) is 16.4 Å². The van der Waals surface area contributed by atoms with E-state index in [0.717, 1.165) is 27.4 Å². The third-order valence-electron chi connectivity index (χ3n) is 5.17. The molecule has 1 aliphatic rings. The maximum atomic E-state index is 13.2. The summed E-state index contributed by atoms with van der Waals surface area (Å²) in [6, 6.07) is 15.3. The van der Waals surface area contributed by atoms with Crippen molar-refractivity contribution in [2.45, 2.75) is 17.6 Å². The van der Waals surface area contributed by atoms with E-state index in [2.05, 4.69) is 20.3 Å². The number of thioether (sulfide) groups is 1. The molecule has 5 heterocycles. The first-order chi connectivity index (χ1) is 15.3. The number of rotatable bonds is 5. The van der Waals surface area contributed by atoms with Gasteiger partial charge in [-0.05, 0) is 35.7 Å². The Bertz CT molecular complexity index is 1400. The second kappa shape index (κ2) is 7.40. The lowest BCUT2D eigenvalue weighted by Gasteiger charge is -2.19. The van der Waals surface area contributed by atoms with E-state index < -0.39 is 0 Å². The predicted octanol–water partition coefficient (Wildman–Crippen LogP) is 4.34. The molecule has 0 saturated heterocycles. The Labute approximate surface area is 184 Å². The van der Waals surface area contributed by atoms with Crippen LogP contribution in [0.4, 0.5) is 0 Å². The Morgan fingerprint density at radius 3 is 3.00 bits per heavy atom. The van der Waals surface area contributed by atoms with Gasteiger partial charge in [0.1, 0.15) is 11.8 Å². The monoisotopic (exact) mass is 448 g/mol. The minimum Gasteiger partial charge on any atom is -0.467 e. The average Bonchev–Trinajstić information content (AvgIpc) is 3.58. The van der Waals surface area contributed by atoms with Gasteiger partial charge in [0.15, 0.2) is 5.16 Å². The molecule has 1 amide bonds. The number of H-pyrrole nitrogens is 1. The standard InChI is InChI=1S/C21H16N6O2S2/c28-19(12-31-21-24-23-20-22-13-5-1-2-6-15(13)26(20)21)27-16(17-7-3-9-29-17)11-14(25-27)18-8-4-10-30-18/h1-10,16H,11-12H2,(H,22,23)/t16-/m0/s1. The molecular formula is C21H16N6O2S2. The molecular weight excluding hydrogens is 432 g/mol. The number of hydrogen-bond donors (Lipinski definition) is 1. The smallest absolute Gasteiger partial charge is 0.253 e. The average molecular weight is 449 g/mol. The number of nitrogens with one attached hydrogen (secondary N) is 1. The van der Waals surface area contributed by atoms with Crippen LogP contribution in [0, 0.1) is 0 Å². The van der Waals surface area contributed by atoms with E-state index in [9.17, 15) is 4.79 Å². The Hall–Kier alpha value is -3.37. The molecule has 1 N–H and O–H groups in total. The van der Waals surface area contributed by atoms with Crippen molar-refractivity contribution in [3.05, 3.63) is 70.8 Å². The van der Waals surface area contributed by atoms with Gasteiger partial charge in [-0.3, -0.25) is 9.20 Å². The fourth-order valence-electron chi connectivity index (χ4n) is 3.77. The summed E-state index contributed by atoms with van der Waals surface area (Å²) >= 11 is 2.98. The SMILES string of the molecule is O=C(CSc1n[nH]c2nc3ccccc3n12)N1N=C(c2cccs2)C[C@H]1c1ccco1. The number of amides is 1. The van der Waals surface area contributed by atoms with Gasteiger partial charge in [0.25, 0.3) is 5.91 Å². The number of thiophene rings is 1. The zero-order valence-corrected chi connectivity index (χ0v) is 17.8. The van der Waals surface area contributed by atoms with Gasteiger partial charge in [-0.1, -0.05) is 30.0 Å². The molecule has 0 aliphatic carbocycles. The number of carbonyl (C=O) groups is 1. The van der Waals surface area contributed by atoms with Gasteiger partial charge < -0.3 is 4.42 Å². The van der Waals surface area contributed by atoms with Crippen molar-refractivity contribution in [2.24, 2.45) is 5.10 Å². The molecule has 0 unspecified atom stereocenters. The minimum absolute atomic E-state index is 0.0986. The van der Waals surface area contributed by atoms with Gasteiger partial charge in [-0.2, -0.15) is 5.10 Å². The number of hydrogen-bond acceptors (Lipinski definition) is 7. The van der Waals surface area contributed by atoms with Crippen LogP contribution in [0.5, 0.6) is 0 Å². The number of para-hydroxylation sites is 2. The Morgan fingerprint density at radius 1 is 1.23 bits per heavy atom. The Morgan fingerprint density at radius 2 is 2.16 bits per heavy atom. The predicted molar refractivity (Wildman–Crippen MR) is 119 cm³/mol. The molecule has 0 fully saturated rings. The fourth-order valence-corrected chi connectivity index (χ4v) is 5.30. The molecule has 0 radical (unpaired) electrons. The molecule has 0 bridgehead atoms. The summed E-state index contributed by atoms with van der Waals surface area (Å²) in [7, 11) is 0. The quantitative estimate of drug-likeness (QED) is 0.404. The molecule has 0 spiro atoms. The number of imidazole rings is 1. The van der Waals surface area contributed by atoms with Gasteiger partial charge in [0, 0.05) is 6.42 Å². The minimum atomic E-state index is -0.242. The molecule has 5 aromatic rings. The maximum Gasteiger partial charge on any atom is 0.253 e. The second-order valence-corrected chi connectivity index (χ2v) is 8.94. The highest BCUT2D eigenvalue weighted by Crippen LogP contribution is 2.35.